The molecule has 1 saturated carbocycles. The molecule has 1 aliphatic carbocycles. The van der Waals surface area contributed by atoms with Gasteiger partial charge in [-0.2, -0.15) is 0 Å². The molecule has 0 bridgehead atoms. The molecular weight excluding hydrogens is 271 g/mol. The van der Waals surface area contributed by atoms with Crippen LogP contribution in [-0.4, -0.2) is 11.1 Å². The van der Waals surface area contributed by atoms with E-state index in [1.54, 1.807) is 18.2 Å². The number of carboxylic acid groups (broad SMARTS) is 1. The van der Waals surface area contributed by atoms with Crippen molar-refractivity contribution in [2.24, 2.45) is 5.92 Å². The van der Waals surface area contributed by atoms with Gasteiger partial charge in [-0.1, -0.05) is 36.2 Å². The minimum absolute atomic E-state index is 0.424. The highest BCUT2D eigenvalue weighted by molar-refractivity contribution is 6.42. The fraction of sp³-hybridized carbons (Fsp3) is 0.500. The summed E-state index contributed by atoms with van der Waals surface area (Å²) in [4.78, 5) is 11.7. The number of hydrogen-bond donors (Lipinski definition) is 1. The zero-order chi connectivity index (χ0) is 13.3. The molecule has 0 aliphatic heterocycles. The van der Waals surface area contributed by atoms with Crippen LogP contribution in [0.15, 0.2) is 18.2 Å². The van der Waals surface area contributed by atoms with Gasteiger partial charge in [-0.3, -0.25) is 4.79 Å². The first-order valence-electron chi connectivity index (χ1n) is 6.14. The Balaban J connectivity index is 2.41. The molecule has 98 valence electrons. The maximum atomic E-state index is 11.7. The molecule has 1 fully saturated rings. The van der Waals surface area contributed by atoms with E-state index in [0.29, 0.717) is 28.8 Å². The van der Waals surface area contributed by atoms with E-state index in [4.69, 9.17) is 23.2 Å². The van der Waals surface area contributed by atoms with Crippen LogP contribution in [0.2, 0.25) is 10.0 Å². The Morgan fingerprint density at radius 1 is 1.28 bits per heavy atom. The predicted molar refractivity (Wildman–Crippen MR) is 73.4 cm³/mol. The van der Waals surface area contributed by atoms with Gasteiger partial charge in [0.2, 0.25) is 0 Å². The summed E-state index contributed by atoms with van der Waals surface area (Å²) < 4.78 is 0. The smallest absolute Gasteiger partial charge is 0.314 e. The van der Waals surface area contributed by atoms with Gasteiger partial charge in [-0.25, -0.2) is 0 Å². The molecule has 1 N–H and O–H groups in total. The summed E-state index contributed by atoms with van der Waals surface area (Å²) in [6.07, 6.45) is 3.21. The zero-order valence-corrected chi connectivity index (χ0v) is 11.8. The van der Waals surface area contributed by atoms with E-state index in [-0.39, 0.29) is 0 Å². The van der Waals surface area contributed by atoms with Crippen molar-refractivity contribution in [2.75, 3.05) is 0 Å². The number of hydrogen-bond acceptors (Lipinski definition) is 1. The highest BCUT2D eigenvalue weighted by Gasteiger charge is 2.42. The second kappa shape index (κ2) is 5.10. The van der Waals surface area contributed by atoms with Gasteiger partial charge in [0, 0.05) is 0 Å². The van der Waals surface area contributed by atoms with Gasteiger partial charge in [-0.05, 0) is 49.3 Å². The monoisotopic (exact) mass is 286 g/mol. The molecule has 4 heteroatoms. The Labute approximate surface area is 117 Å². The quantitative estimate of drug-likeness (QED) is 0.868. The van der Waals surface area contributed by atoms with Gasteiger partial charge in [0.15, 0.2) is 0 Å². The molecule has 2 rings (SSSR count). The summed E-state index contributed by atoms with van der Waals surface area (Å²) in [5.41, 5.74) is -0.0166. The summed E-state index contributed by atoms with van der Waals surface area (Å²) in [6.45, 7) is 2.17. The maximum absolute atomic E-state index is 11.7. The molecule has 0 unspecified atom stereocenters. The summed E-state index contributed by atoms with van der Waals surface area (Å²) in [7, 11) is 0. The second-order valence-electron chi connectivity index (χ2n) is 5.20. The number of carboxylic acids is 1. The number of halogens is 2. The lowest BCUT2D eigenvalue weighted by atomic mass is 9.67. The van der Waals surface area contributed by atoms with Crippen LogP contribution in [0.5, 0.6) is 0 Å². The SMILES string of the molecule is CC1CCC(C(=O)O)(c2ccc(Cl)c(Cl)c2)CC1. The predicted octanol–water partition coefficient (Wildman–Crippen LogP) is 4.53. The summed E-state index contributed by atoms with van der Waals surface area (Å²) in [5.74, 6) is -0.159. The van der Waals surface area contributed by atoms with Crippen LogP contribution >= 0.6 is 23.2 Å². The van der Waals surface area contributed by atoms with Crippen molar-refractivity contribution in [3.8, 4) is 0 Å². The van der Waals surface area contributed by atoms with Crippen molar-refractivity contribution in [1.29, 1.82) is 0 Å². The highest BCUT2D eigenvalue weighted by Crippen LogP contribution is 2.43. The first-order chi connectivity index (χ1) is 8.45. The molecule has 0 aromatic heterocycles. The number of rotatable bonds is 2. The molecule has 2 nitrogen and oxygen atoms in total. The average molecular weight is 287 g/mol. The fourth-order valence-corrected chi connectivity index (χ4v) is 2.97. The Hall–Kier alpha value is -0.730. The Bertz CT molecular complexity index is 463. The van der Waals surface area contributed by atoms with E-state index in [2.05, 4.69) is 6.92 Å². The van der Waals surface area contributed by atoms with E-state index < -0.39 is 11.4 Å². The minimum Gasteiger partial charge on any atom is -0.481 e. The van der Waals surface area contributed by atoms with Crippen LogP contribution < -0.4 is 0 Å². The van der Waals surface area contributed by atoms with Gasteiger partial charge in [0.25, 0.3) is 0 Å². The molecule has 0 saturated heterocycles. The van der Waals surface area contributed by atoms with Crippen molar-refractivity contribution < 1.29 is 9.90 Å². The third kappa shape index (κ3) is 2.36. The highest BCUT2D eigenvalue weighted by atomic mass is 35.5. The molecule has 0 atom stereocenters. The molecule has 1 aromatic rings. The summed E-state index contributed by atoms with van der Waals surface area (Å²) >= 11 is 11.9. The van der Waals surface area contributed by atoms with Crippen LogP contribution in [-0.2, 0) is 10.2 Å². The second-order valence-corrected chi connectivity index (χ2v) is 6.01. The lowest BCUT2D eigenvalue weighted by molar-refractivity contribution is -0.145. The minimum atomic E-state index is -0.791. The van der Waals surface area contributed by atoms with Crippen molar-refractivity contribution in [3.05, 3.63) is 33.8 Å². The molecule has 18 heavy (non-hydrogen) atoms. The van der Waals surface area contributed by atoms with Gasteiger partial charge in [0.1, 0.15) is 0 Å². The molecular formula is C14H16Cl2O2. The van der Waals surface area contributed by atoms with Crippen LogP contribution in [0.25, 0.3) is 0 Å². The van der Waals surface area contributed by atoms with E-state index in [0.717, 1.165) is 18.4 Å². The van der Waals surface area contributed by atoms with Crippen LogP contribution in [0.1, 0.15) is 38.2 Å². The third-order valence-electron chi connectivity index (χ3n) is 4.01. The number of benzene rings is 1. The topological polar surface area (TPSA) is 37.3 Å². The number of carbonyl (C=O) groups is 1. The summed E-state index contributed by atoms with van der Waals surface area (Å²) in [6, 6.07) is 5.17. The first-order valence-corrected chi connectivity index (χ1v) is 6.90. The van der Waals surface area contributed by atoms with Crippen molar-refractivity contribution >= 4 is 29.2 Å². The molecule has 0 amide bonds. The Kier molecular flexibility index (Phi) is 3.88. The standard InChI is InChI=1S/C14H16Cl2O2/c1-9-4-6-14(7-5-9,13(17)18)10-2-3-11(15)12(16)8-10/h2-3,8-9H,4-7H2,1H3,(H,17,18). The van der Waals surface area contributed by atoms with E-state index >= 15 is 0 Å². The first kappa shape index (κ1) is 13.7. The Morgan fingerprint density at radius 3 is 2.39 bits per heavy atom. The van der Waals surface area contributed by atoms with Crippen LogP contribution in [0, 0.1) is 5.92 Å². The van der Waals surface area contributed by atoms with E-state index in [1.807, 2.05) is 0 Å². The molecule has 0 spiro atoms. The van der Waals surface area contributed by atoms with E-state index in [1.165, 1.54) is 0 Å². The zero-order valence-electron chi connectivity index (χ0n) is 10.2. The number of aliphatic carboxylic acids is 1. The fourth-order valence-electron chi connectivity index (χ4n) is 2.67. The summed E-state index contributed by atoms with van der Waals surface area (Å²) in [5, 5.41) is 10.5. The average Bonchev–Trinajstić information content (AvgIpc) is 2.34. The molecule has 1 aromatic carbocycles. The molecule has 0 radical (unpaired) electrons. The lowest BCUT2D eigenvalue weighted by Gasteiger charge is -2.36. The third-order valence-corrected chi connectivity index (χ3v) is 4.75. The molecule has 1 aliphatic rings. The van der Waals surface area contributed by atoms with Crippen LogP contribution in [0.3, 0.4) is 0 Å². The van der Waals surface area contributed by atoms with Gasteiger partial charge < -0.3 is 5.11 Å². The van der Waals surface area contributed by atoms with Gasteiger partial charge in [0.05, 0.1) is 15.5 Å². The normalized spacial score (nSPS) is 28.1. The van der Waals surface area contributed by atoms with Gasteiger partial charge in [-0.15, -0.1) is 0 Å². The van der Waals surface area contributed by atoms with Crippen LogP contribution in [0.4, 0.5) is 0 Å². The van der Waals surface area contributed by atoms with Crippen molar-refractivity contribution in [1.82, 2.24) is 0 Å². The lowest BCUT2D eigenvalue weighted by Crippen LogP contribution is -2.39. The van der Waals surface area contributed by atoms with Gasteiger partial charge >= 0.3 is 5.97 Å². The molecule has 0 heterocycles. The van der Waals surface area contributed by atoms with Crippen molar-refractivity contribution in [2.45, 2.75) is 38.0 Å². The van der Waals surface area contributed by atoms with Crippen molar-refractivity contribution in [3.63, 3.8) is 0 Å². The van der Waals surface area contributed by atoms with E-state index in [9.17, 15) is 9.90 Å². The largest absolute Gasteiger partial charge is 0.481 e. The Morgan fingerprint density at radius 2 is 1.89 bits per heavy atom. The maximum Gasteiger partial charge on any atom is 0.314 e.